The summed E-state index contributed by atoms with van der Waals surface area (Å²) in [4.78, 5) is 15.5. The van der Waals surface area contributed by atoms with Crippen LogP contribution in [-0.4, -0.2) is 23.6 Å². The summed E-state index contributed by atoms with van der Waals surface area (Å²) in [7, 11) is 0. The molecule has 0 saturated carbocycles. The molecule has 1 atom stereocenters. The van der Waals surface area contributed by atoms with Crippen molar-refractivity contribution in [3.63, 3.8) is 0 Å². The lowest BCUT2D eigenvalue weighted by Crippen LogP contribution is -2.27. The molecule has 1 aromatic heterocycles. The van der Waals surface area contributed by atoms with E-state index in [1.807, 2.05) is 0 Å². The van der Waals surface area contributed by atoms with Crippen molar-refractivity contribution >= 4 is 23.4 Å². The number of carbonyl (C=O) groups is 1. The summed E-state index contributed by atoms with van der Waals surface area (Å²) in [6, 6.07) is 5.17. The van der Waals surface area contributed by atoms with Gasteiger partial charge in [-0.15, -0.1) is 0 Å². The molecule has 0 bridgehead atoms. The molecule has 0 radical (unpaired) electrons. The maximum absolute atomic E-state index is 13.6. The number of rotatable bonds is 6. The van der Waals surface area contributed by atoms with Gasteiger partial charge < -0.3 is 10.1 Å². The van der Waals surface area contributed by atoms with Crippen LogP contribution in [0.3, 0.4) is 0 Å². The van der Waals surface area contributed by atoms with Crippen LogP contribution in [0.2, 0.25) is 5.02 Å². The van der Waals surface area contributed by atoms with E-state index in [4.69, 9.17) is 21.6 Å². The zero-order chi connectivity index (χ0) is 20.9. The van der Waals surface area contributed by atoms with Crippen LogP contribution in [0.25, 0.3) is 0 Å². The topological polar surface area (TPSA) is 75.0 Å². The fraction of sp³-hybridized carbons (Fsp3) is 0.235. The molecule has 5 nitrogen and oxygen atoms in total. The highest BCUT2D eigenvalue weighted by molar-refractivity contribution is 6.32. The summed E-state index contributed by atoms with van der Waals surface area (Å²) in [5.74, 6) is -3.75. The molecular weight excluding hydrogens is 409 g/mol. The van der Waals surface area contributed by atoms with Crippen molar-refractivity contribution in [2.45, 2.75) is 18.7 Å². The van der Waals surface area contributed by atoms with Gasteiger partial charge in [0.15, 0.2) is 0 Å². The van der Waals surface area contributed by atoms with E-state index in [0.717, 1.165) is 18.2 Å². The highest BCUT2D eigenvalue weighted by Crippen LogP contribution is 2.32. The Labute approximate surface area is 160 Å². The predicted octanol–water partition coefficient (Wildman–Crippen LogP) is 4.58. The summed E-state index contributed by atoms with van der Waals surface area (Å²) < 4.78 is 70.0. The Kier molecular flexibility index (Phi) is 6.75. The average molecular weight is 420 g/mol. The number of alkyl halides is 3. The van der Waals surface area contributed by atoms with Crippen molar-refractivity contribution in [3.8, 4) is 6.07 Å². The molecule has 0 aliphatic carbocycles. The van der Waals surface area contributed by atoms with Gasteiger partial charge in [0.05, 0.1) is 29.6 Å². The summed E-state index contributed by atoms with van der Waals surface area (Å²) in [5, 5.41) is 11.0. The molecule has 1 heterocycles. The third kappa shape index (κ3) is 5.29. The fourth-order valence-electron chi connectivity index (χ4n) is 2.09. The number of nitriles is 1. The van der Waals surface area contributed by atoms with Crippen LogP contribution in [0.1, 0.15) is 22.3 Å². The molecule has 0 saturated heterocycles. The minimum atomic E-state index is -4.63. The molecule has 1 aromatic carbocycles. The third-order valence-corrected chi connectivity index (χ3v) is 3.71. The number of nitrogens with zero attached hydrogens (tertiary/aromatic N) is 2. The number of halogens is 6. The van der Waals surface area contributed by atoms with Gasteiger partial charge in [0.2, 0.25) is 0 Å². The minimum Gasteiger partial charge on any atom is -0.456 e. The van der Waals surface area contributed by atoms with Crippen LogP contribution >= 0.6 is 11.6 Å². The molecule has 0 spiro atoms. The van der Waals surface area contributed by atoms with Crippen molar-refractivity contribution in [1.29, 1.82) is 5.26 Å². The standard InChI is InChI=1S/C17H11ClF5N3O2/c18-11-6-9(17(21,22)23)7-25-15(11)26-8-10(4-5-24)28-16(27)14-12(19)2-1-3-13(14)20/h1-3,6-7,10H,4,8H2,(H,25,26)/t10-/m1/s1. The lowest BCUT2D eigenvalue weighted by Gasteiger charge is -2.17. The summed E-state index contributed by atoms with van der Waals surface area (Å²) in [5.41, 5.74) is -1.98. The molecule has 0 amide bonds. The van der Waals surface area contributed by atoms with Gasteiger partial charge in [-0.25, -0.2) is 18.6 Å². The quantitative estimate of drug-likeness (QED) is 0.548. The van der Waals surface area contributed by atoms with Gasteiger partial charge in [-0.1, -0.05) is 17.7 Å². The van der Waals surface area contributed by atoms with Gasteiger partial charge in [0, 0.05) is 6.20 Å². The number of ether oxygens (including phenoxy) is 1. The second-order valence-electron chi connectivity index (χ2n) is 5.42. The van der Waals surface area contributed by atoms with Crippen LogP contribution in [-0.2, 0) is 10.9 Å². The third-order valence-electron chi connectivity index (χ3n) is 3.43. The lowest BCUT2D eigenvalue weighted by atomic mass is 10.2. The van der Waals surface area contributed by atoms with Gasteiger partial charge in [-0.2, -0.15) is 18.4 Å². The number of hydrogen-bond donors (Lipinski definition) is 1. The molecule has 0 unspecified atom stereocenters. The highest BCUT2D eigenvalue weighted by atomic mass is 35.5. The largest absolute Gasteiger partial charge is 0.456 e. The van der Waals surface area contributed by atoms with E-state index in [0.29, 0.717) is 12.3 Å². The smallest absolute Gasteiger partial charge is 0.417 e. The van der Waals surface area contributed by atoms with Gasteiger partial charge in [-0.3, -0.25) is 0 Å². The monoisotopic (exact) mass is 419 g/mol. The van der Waals surface area contributed by atoms with E-state index in [-0.39, 0.29) is 23.8 Å². The normalized spacial score (nSPS) is 12.2. The van der Waals surface area contributed by atoms with Crippen LogP contribution in [0, 0.1) is 23.0 Å². The Hall–Kier alpha value is -2.93. The number of aromatic nitrogens is 1. The molecule has 28 heavy (non-hydrogen) atoms. The summed E-state index contributed by atoms with van der Waals surface area (Å²) in [6.07, 6.45) is -5.60. The van der Waals surface area contributed by atoms with E-state index < -0.39 is 41.0 Å². The zero-order valence-electron chi connectivity index (χ0n) is 13.9. The van der Waals surface area contributed by atoms with E-state index >= 15 is 0 Å². The maximum atomic E-state index is 13.6. The molecule has 0 fully saturated rings. The van der Waals surface area contributed by atoms with Crippen molar-refractivity contribution in [2.75, 3.05) is 11.9 Å². The fourth-order valence-corrected chi connectivity index (χ4v) is 2.33. The second kappa shape index (κ2) is 8.84. The van der Waals surface area contributed by atoms with Crippen molar-refractivity contribution < 1.29 is 31.5 Å². The molecule has 0 aliphatic rings. The molecule has 148 valence electrons. The van der Waals surface area contributed by atoms with Crippen LogP contribution in [0.4, 0.5) is 27.8 Å². The number of pyridine rings is 1. The molecule has 1 N–H and O–H groups in total. The van der Waals surface area contributed by atoms with Gasteiger partial charge in [-0.05, 0) is 18.2 Å². The summed E-state index contributed by atoms with van der Waals surface area (Å²) in [6.45, 7) is -0.284. The lowest BCUT2D eigenvalue weighted by molar-refractivity contribution is -0.137. The Balaban J connectivity index is 2.10. The number of hydrogen-bond acceptors (Lipinski definition) is 5. The minimum absolute atomic E-state index is 0.147. The Morgan fingerprint density at radius 1 is 1.32 bits per heavy atom. The number of nitrogens with one attached hydrogen (secondary N) is 1. The predicted molar refractivity (Wildman–Crippen MR) is 88.5 cm³/mol. The van der Waals surface area contributed by atoms with Crippen molar-refractivity contribution in [1.82, 2.24) is 4.98 Å². The SMILES string of the molecule is N#CC[C@H](CNc1ncc(C(F)(F)F)cc1Cl)OC(=O)c1c(F)cccc1F. The van der Waals surface area contributed by atoms with Gasteiger partial charge in [0.1, 0.15) is 29.1 Å². The van der Waals surface area contributed by atoms with Crippen LogP contribution in [0.5, 0.6) is 0 Å². The van der Waals surface area contributed by atoms with E-state index in [2.05, 4.69) is 10.3 Å². The number of esters is 1. The van der Waals surface area contributed by atoms with Gasteiger partial charge >= 0.3 is 12.1 Å². The molecular formula is C17H11ClF5N3O2. The first-order valence-electron chi connectivity index (χ1n) is 7.62. The van der Waals surface area contributed by atoms with Crippen molar-refractivity contribution in [3.05, 3.63) is 58.2 Å². The second-order valence-corrected chi connectivity index (χ2v) is 5.83. The highest BCUT2D eigenvalue weighted by Gasteiger charge is 2.31. The molecule has 0 aliphatic heterocycles. The first-order valence-corrected chi connectivity index (χ1v) is 7.99. The molecule has 2 aromatic rings. The average Bonchev–Trinajstić information content (AvgIpc) is 2.59. The summed E-state index contributed by atoms with van der Waals surface area (Å²) >= 11 is 5.74. The Morgan fingerprint density at radius 2 is 1.96 bits per heavy atom. The number of anilines is 1. The van der Waals surface area contributed by atoms with E-state index in [1.54, 1.807) is 6.07 Å². The van der Waals surface area contributed by atoms with Crippen molar-refractivity contribution in [2.24, 2.45) is 0 Å². The number of benzene rings is 1. The van der Waals surface area contributed by atoms with E-state index in [1.165, 1.54) is 0 Å². The molecule has 11 heteroatoms. The van der Waals surface area contributed by atoms with Crippen LogP contribution in [0.15, 0.2) is 30.5 Å². The van der Waals surface area contributed by atoms with Crippen LogP contribution < -0.4 is 5.32 Å². The van der Waals surface area contributed by atoms with E-state index in [9.17, 15) is 26.7 Å². The first kappa shape index (κ1) is 21.4. The Bertz CT molecular complexity index is 894. The zero-order valence-corrected chi connectivity index (χ0v) is 14.6. The maximum Gasteiger partial charge on any atom is 0.417 e. The first-order chi connectivity index (χ1) is 13.1. The Morgan fingerprint density at radius 3 is 2.50 bits per heavy atom. The number of carbonyl (C=O) groups excluding carboxylic acids is 1. The molecule has 2 rings (SSSR count). The van der Waals surface area contributed by atoms with Gasteiger partial charge in [0.25, 0.3) is 0 Å².